The first kappa shape index (κ1) is 16.5. The summed E-state index contributed by atoms with van der Waals surface area (Å²) < 4.78 is 5.51. The van der Waals surface area contributed by atoms with Crippen LogP contribution < -0.4 is 15.0 Å². The summed E-state index contributed by atoms with van der Waals surface area (Å²) in [6.07, 6.45) is 0. The van der Waals surface area contributed by atoms with Crippen molar-refractivity contribution in [2.75, 3.05) is 23.9 Å². The average Bonchev–Trinajstić information content (AvgIpc) is 2.53. The second-order valence-corrected chi connectivity index (χ2v) is 5.23. The lowest BCUT2D eigenvalue weighted by molar-refractivity contribution is -0.118. The lowest BCUT2D eigenvalue weighted by atomic mass is 10.2. The predicted octanol–water partition coefficient (Wildman–Crippen LogP) is 3.00. The molecule has 0 fully saturated rings. The molecular weight excluding hydrogens is 292 g/mol. The molecule has 2 aromatic rings. The molecule has 0 unspecified atom stereocenters. The van der Waals surface area contributed by atoms with Gasteiger partial charge in [-0.3, -0.25) is 9.59 Å². The Balaban J connectivity index is 1.96. The Kier molecular flexibility index (Phi) is 5.36. The number of aryl methyl sites for hydroxylation is 1. The number of carbonyl (C=O) groups excluding carboxylic acids is 2. The van der Waals surface area contributed by atoms with Gasteiger partial charge in [-0.1, -0.05) is 24.3 Å². The topological polar surface area (TPSA) is 58.6 Å². The highest BCUT2D eigenvalue weighted by molar-refractivity contribution is 5.94. The predicted molar refractivity (Wildman–Crippen MR) is 90.8 cm³/mol. The van der Waals surface area contributed by atoms with Gasteiger partial charge in [-0.15, -0.1) is 0 Å². The molecule has 2 aromatic carbocycles. The van der Waals surface area contributed by atoms with E-state index in [1.54, 1.807) is 31.3 Å². The number of carbonyl (C=O) groups is 2. The molecule has 0 atom stereocenters. The first-order valence-electron chi connectivity index (χ1n) is 7.30. The summed E-state index contributed by atoms with van der Waals surface area (Å²) in [6, 6.07) is 14.6. The van der Waals surface area contributed by atoms with Gasteiger partial charge in [-0.05, 0) is 36.8 Å². The highest BCUT2D eigenvalue weighted by Gasteiger charge is 2.08. The number of hydrogen-bond donors (Lipinski definition) is 1. The number of hydrogen-bond acceptors (Lipinski definition) is 3. The van der Waals surface area contributed by atoms with Crippen molar-refractivity contribution < 1.29 is 14.3 Å². The number of rotatable bonds is 5. The number of para-hydroxylation sites is 1. The molecule has 120 valence electrons. The third-order valence-corrected chi connectivity index (χ3v) is 3.44. The maximum atomic E-state index is 12.0. The summed E-state index contributed by atoms with van der Waals surface area (Å²) in [5.74, 6) is 0.361. The molecule has 0 spiro atoms. The smallest absolute Gasteiger partial charge is 0.262 e. The van der Waals surface area contributed by atoms with Crippen molar-refractivity contribution in [3.8, 4) is 5.75 Å². The zero-order valence-corrected chi connectivity index (χ0v) is 13.5. The number of anilines is 2. The SMILES string of the molecule is CC(=O)N(C)c1cccc(NC(=O)COc2ccccc2C)c1. The Morgan fingerprint density at radius 2 is 1.87 bits per heavy atom. The molecule has 0 heterocycles. The van der Waals surface area contributed by atoms with Crippen LogP contribution in [-0.4, -0.2) is 25.5 Å². The molecule has 2 amide bonds. The van der Waals surface area contributed by atoms with E-state index in [-0.39, 0.29) is 18.4 Å². The van der Waals surface area contributed by atoms with Gasteiger partial charge in [-0.2, -0.15) is 0 Å². The lowest BCUT2D eigenvalue weighted by Crippen LogP contribution is -2.23. The third kappa shape index (κ3) is 4.57. The van der Waals surface area contributed by atoms with Crippen LogP contribution in [0.5, 0.6) is 5.75 Å². The molecule has 5 nitrogen and oxygen atoms in total. The third-order valence-electron chi connectivity index (χ3n) is 3.44. The Morgan fingerprint density at radius 1 is 1.13 bits per heavy atom. The first-order chi connectivity index (χ1) is 11.0. The van der Waals surface area contributed by atoms with Crippen LogP contribution in [0.15, 0.2) is 48.5 Å². The molecule has 0 saturated heterocycles. The van der Waals surface area contributed by atoms with Crippen molar-refractivity contribution in [3.63, 3.8) is 0 Å². The molecule has 0 aliphatic rings. The van der Waals surface area contributed by atoms with Crippen LogP contribution in [0.2, 0.25) is 0 Å². The zero-order chi connectivity index (χ0) is 16.8. The van der Waals surface area contributed by atoms with Gasteiger partial charge in [0.15, 0.2) is 6.61 Å². The number of nitrogens with one attached hydrogen (secondary N) is 1. The Morgan fingerprint density at radius 3 is 2.57 bits per heavy atom. The minimum Gasteiger partial charge on any atom is -0.483 e. The number of amides is 2. The van der Waals surface area contributed by atoms with Crippen LogP contribution in [0.1, 0.15) is 12.5 Å². The van der Waals surface area contributed by atoms with Crippen molar-refractivity contribution in [1.82, 2.24) is 0 Å². The number of ether oxygens (including phenoxy) is 1. The molecule has 0 aliphatic carbocycles. The minimum absolute atomic E-state index is 0.0718. The maximum absolute atomic E-state index is 12.0. The summed E-state index contributed by atoms with van der Waals surface area (Å²) in [4.78, 5) is 24.9. The van der Waals surface area contributed by atoms with Crippen molar-refractivity contribution in [2.45, 2.75) is 13.8 Å². The monoisotopic (exact) mass is 312 g/mol. The van der Waals surface area contributed by atoms with Gasteiger partial charge in [0.2, 0.25) is 5.91 Å². The van der Waals surface area contributed by atoms with Gasteiger partial charge >= 0.3 is 0 Å². The normalized spacial score (nSPS) is 10.0. The molecule has 5 heteroatoms. The van der Waals surface area contributed by atoms with Gasteiger partial charge in [0.05, 0.1) is 0 Å². The van der Waals surface area contributed by atoms with Crippen molar-refractivity contribution in [1.29, 1.82) is 0 Å². The van der Waals surface area contributed by atoms with Crippen LogP contribution in [0.25, 0.3) is 0 Å². The van der Waals surface area contributed by atoms with Crippen LogP contribution in [0.3, 0.4) is 0 Å². The molecule has 0 aliphatic heterocycles. The summed E-state index contributed by atoms with van der Waals surface area (Å²) in [6.45, 7) is 3.34. The van der Waals surface area contributed by atoms with E-state index in [0.29, 0.717) is 11.4 Å². The standard InChI is InChI=1S/C18H20N2O3/c1-13-7-4-5-10-17(13)23-12-18(22)19-15-8-6-9-16(11-15)20(3)14(2)21/h4-11H,12H2,1-3H3,(H,19,22). The molecule has 0 radical (unpaired) electrons. The first-order valence-corrected chi connectivity index (χ1v) is 7.30. The van der Waals surface area contributed by atoms with Crippen molar-refractivity contribution in [3.05, 3.63) is 54.1 Å². The zero-order valence-electron chi connectivity index (χ0n) is 13.5. The van der Waals surface area contributed by atoms with E-state index in [1.807, 2.05) is 31.2 Å². The van der Waals surface area contributed by atoms with E-state index >= 15 is 0 Å². The van der Waals surface area contributed by atoms with E-state index < -0.39 is 0 Å². The molecule has 1 N–H and O–H groups in total. The number of nitrogens with zero attached hydrogens (tertiary/aromatic N) is 1. The van der Waals surface area contributed by atoms with Crippen LogP contribution in [0, 0.1) is 6.92 Å². The van der Waals surface area contributed by atoms with Crippen LogP contribution >= 0.6 is 0 Å². The summed E-state index contributed by atoms with van der Waals surface area (Å²) >= 11 is 0. The minimum atomic E-state index is -0.254. The summed E-state index contributed by atoms with van der Waals surface area (Å²) in [7, 11) is 1.69. The Bertz CT molecular complexity index is 713. The van der Waals surface area contributed by atoms with Gasteiger partial charge < -0.3 is 15.0 Å². The molecule has 0 bridgehead atoms. The fraction of sp³-hybridized carbons (Fsp3) is 0.222. The second-order valence-electron chi connectivity index (χ2n) is 5.23. The summed E-state index contributed by atoms with van der Waals surface area (Å²) in [5, 5.41) is 2.76. The second kappa shape index (κ2) is 7.45. The fourth-order valence-corrected chi connectivity index (χ4v) is 2.03. The highest BCUT2D eigenvalue weighted by Crippen LogP contribution is 2.19. The van der Waals surface area contributed by atoms with E-state index in [9.17, 15) is 9.59 Å². The number of benzene rings is 2. The lowest BCUT2D eigenvalue weighted by Gasteiger charge is -2.16. The quantitative estimate of drug-likeness (QED) is 0.923. The Hall–Kier alpha value is -2.82. The average molecular weight is 312 g/mol. The van der Waals surface area contributed by atoms with E-state index in [1.165, 1.54) is 11.8 Å². The maximum Gasteiger partial charge on any atom is 0.262 e. The van der Waals surface area contributed by atoms with Crippen LogP contribution in [-0.2, 0) is 9.59 Å². The van der Waals surface area contributed by atoms with Gasteiger partial charge in [0.25, 0.3) is 5.91 Å². The highest BCUT2D eigenvalue weighted by atomic mass is 16.5. The molecular formula is C18H20N2O3. The van der Waals surface area contributed by atoms with E-state index in [2.05, 4.69) is 5.32 Å². The summed E-state index contributed by atoms with van der Waals surface area (Å²) in [5.41, 5.74) is 2.31. The molecule has 2 rings (SSSR count). The van der Waals surface area contributed by atoms with Gasteiger partial charge in [0, 0.05) is 25.3 Å². The fourth-order valence-electron chi connectivity index (χ4n) is 2.03. The molecule has 0 saturated carbocycles. The molecule has 0 aromatic heterocycles. The van der Waals surface area contributed by atoms with E-state index in [0.717, 1.165) is 11.3 Å². The molecule has 23 heavy (non-hydrogen) atoms. The van der Waals surface area contributed by atoms with Crippen molar-refractivity contribution >= 4 is 23.2 Å². The van der Waals surface area contributed by atoms with E-state index in [4.69, 9.17) is 4.74 Å². The van der Waals surface area contributed by atoms with Gasteiger partial charge in [0.1, 0.15) is 5.75 Å². The van der Waals surface area contributed by atoms with Gasteiger partial charge in [-0.25, -0.2) is 0 Å². The largest absolute Gasteiger partial charge is 0.483 e. The van der Waals surface area contributed by atoms with Crippen LogP contribution in [0.4, 0.5) is 11.4 Å². The Labute approximate surface area is 135 Å². The van der Waals surface area contributed by atoms with Crippen molar-refractivity contribution in [2.24, 2.45) is 0 Å².